The molecule has 1 atom stereocenters. The van der Waals surface area contributed by atoms with Crippen LogP contribution in [0.3, 0.4) is 0 Å². The number of carbonyl (C=O) groups excluding carboxylic acids is 1. The Hall–Kier alpha value is -1.83. The summed E-state index contributed by atoms with van der Waals surface area (Å²) >= 11 is 0.733. The van der Waals surface area contributed by atoms with Crippen molar-refractivity contribution in [3.05, 3.63) is 6.07 Å². The van der Waals surface area contributed by atoms with Crippen molar-refractivity contribution < 1.29 is 24.2 Å². The fraction of sp³-hybridized carbons (Fsp3) is 0.400. The lowest BCUT2D eigenvalue weighted by atomic mass is 10.3. The number of carbonyl (C=O) groups is 2. The molecule has 1 N–H and O–H groups in total. The van der Waals surface area contributed by atoms with E-state index in [0.29, 0.717) is 0 Å². The highest BCUT2D eigenvalue weighted by Crippen LogP contribution is 2.25. The molecule has 0 saturated heterocycles. The van der Waals surface area contributed by atoms with E-state index in [4.69, 9.17) is 14.6 Å². The molecule has 98 valence electrons. The number of nitrogens with zero attached hydrogens (tertiary/aromatic N) is 2. The summed E-state index contributed by atoms with van der Waals surface area (Å²) in [6.07, 6.45) is 0. The van der Waals surface area contributed by atoms with Gasteiger partial charge in [0.15, 0.2) is 16.2 Å². The Morgan fingerprint density at radius 1 is 1.28 bits per heavy atom. The zero-order valence-corrected chi connectivity index (χ0v) is 10.9. The second-order valence-corrected chi connectivity index (χ2v) is 4.25. The quantitative estimate of drug-likeness (QED) is 0.457. The largest absolute Gasteiger partial charge is 0.481 e. The molecule has 8 heteroatoms. The number of aliphatic carboxylic acids is 1. The number of hydrogen-bond donors (Lipinski definition) is 1. The van der Waals surface area contributed by atoms with Gasteiger partial charge in [0.05, 0.1) is 20.3 Å². The normalized spacial score (nSPS) is 11.7. The lowest BCUT2D eigenvalue weighted by Crippen LogP contribution is -2.24. The molecule has 0 bridgehead atoms. The van der Waals surface area contributed by atoms with Crippen LogP contribution in [0.4, 0.5) is 0 Å². The molecular formula is C10H12N2O5S. The van der Waals surface area contributed by atoms with Gasteiger partial charge in [-0.3, -0.25) is 9.59 Å². The van der Waals surface area contributed by atoms with E-state index in [1.165, 1.54) is 27.2 Å². The number of hydrogen-bond acceptors (Lipinski definition) is 7. The van der Waals surface area contributed by atoms with Gasteiger partial charge in [0.25, 0.3) is 0 Å². The molecule has 0 saturated carbocycles. The number of ketones is 1. The first-order valence-electron chi connectivity index (χ1n) is 4.85. The number of carboxylic acid groups (broad SMARTS) is 1. The topological polar surface area (TPSA) is 98.6 Å². The fourth-order valence-corrected chi connectivity index (χ4v) is 1.82. The summed E-state index contributed by atoms with van der Waals surface area (Å²) in [5, 5.41) is 7.76. The first kappa shape index (κ1) is 14.2. The Labute approximate surface area is 108 Å². The Balaban J connectivity index is 3.01. The summed E-state index contributed by atoms with van der Waals surface area (Å²) in [6.45, 7) is 1.20. The zero-order valence-electron chi connectivity index (χ0n) is 10.0. The Morgan fingerprint density at radius 2 is 1.78 bits per heavy atom. The maximum Gasteiger partial charge on any atom is 0.324 e. The molecule has 1 rings (SSSR count). The van der Waals surface area contributed by atoms with Crippen LogP contribution in [0.2, 0.25) is 0 Å². The number of aromatic nitrogens is 2. The summed E-state index contributed by atoms with van der Waals surface area (Å²) in [7, 11) is 2.83. The molecule has 0 fully saturated rings. The van der Waals surface area contributed by atoms with Crippen molar-refractivity contribution in [1.29, 1.82) is 0 Å². The number of rotatable bonds is 6. The van der Waals surface area contributed by atoms with E-state index in [9.17, 15) is 9.59 Å². The molecule has 1 unspecified atom stereocenters. The third-order valence-electron chi connectivity index (χ3n) is 1.89. The molecule has 1 aromatic rings. The third-order valence-corrected chi connectivity index (χ3v) is 3.06. The number of ether oxygens (including phenoxy) is 2. The van der Waals surface area contributed by atoms with Crippen LogP contribution in [-0.4, -0.2) is 46.3 Å². The highest BCUT2D eigenvalue weighted by atomic mass is 32.2. The lowest BCUT2D eigenvalue weighted by Gasteiger charge is -2.09. The van der Waals surface area contributed by atoms with Gasteiger partial charge in [0.2, 0.25) is 11.8 Å². The minimum absolute atomic E-state index is 0.105. The Bertz CT molecular complexity index is 429. The van der Waals surface area contributed by atoms with Crippen LogP contribution in [-0.2, 0) is 9.59 Å². The smallest absolute Gasteiger partial charge is 0.324 e. The van der Waals surface area contributed by atoms with Gasteiger partial charge in [-0.25, -0.2) is 0 Å². The van der Waals surface area contributed by atoms with Crippen LogP contribution in [0.5, 0.6) is 11.8 Å². The molecule has 0 radical (unpaired) electrons. The van der Waals surface area contributed by atoms with Gasteiger partial charge in [-0.1, -0.05) is 11.8 Å². The van der Waals surface area contributed by atoms with Crippen LogP contribution in [0.1, 0.15) is 6.92 Å². The molecular weight excluding hydrogens is 260 g/mol. The Kier molecular flexibility index (Phi) is 4.90. The van der Waals surface area contributed by atoms with Crippen molar-refractivity contribution in [2.24, 2.45) is 0 Å². The average Bonchev–Trinajstić information content (AvgIpc) is 2.34. The van der Waals surface area contributed by atoms with Crippen molar-refractivity contribution in [1.82, 2.24) is 9.97 Å². The van der Waals surface area contributed by atoms with Crippen LogP contribution in [0.25, 0.3) is 0 Å². The predicted octanol–water partition coefficient (Wildman–Crippen LogP) is 0.628. The minimum Gasteiger partial charge on any atom is -0.481 e. The lowest BCUT2D eigenvalue weighted by molar-refractivity contribution is -0.138. The minimum atomic E-state index is -1.25. The number of thioether (sulfide) groups is 1. The molecule has 0 spiro atoms. The van der Waals surface area contributed by atoms with Gasteiger partial charge < -0.3 is 14.6 Å². The van der Waals surface area contributed by atoms with Gasteiger partial charge >= 0.3 is 5.97 Å². The van der Waals surface area contributed by atoms with Crippen molar-refractivity contribution in [2.75, 3.05) is 14.2 Å². The van der Waals surface area contributed by atoms with E-state index in [1.54, 1.807) is 0 Å². The SMILES string of the molecule is COc1cc(OC)nc(SC(C(C)=O)C(=O)O)n1. The molecule has 0 amide bonds. The molecule has 18 heavy (non-hydrogen) atoms. The van der Waals surface area contributed by atoms with Gasteiger partial charge in [-0.15, -0.1) is 0 Å². The molecule has 0 aliphatic rings. The van der Waals surface area contributed by atoms with Crippen LogP contribution in [0, 0.1) is 0 Å². The third kappa shape index (κ3) is 3.59. The summed E-state index contributed by atoms with van der Waals surface area (Å²) < 4.78 is 9.85. The standard InChI is InChI=1S/C10H12N2O5S/c1-5(13)8(9(14)15)18-10-11-6(16-2)4-7(12-10)17-3/h4,8H,1-3H3,(H,14,15). The maximum absolute atomic E-state index is 11.2. The predicted molar refractivity (Wildman–Crippen MR) is 63.1 cm³/mol. The second kappa shape index (κ2) is 6.20. The van der Waals surface area contributed by atoms with Crippen LogP contribution < -0.4 is 9.47 Å². The molecule has 7 nitrogen and oxygen atoms in total. The van der Waals surface area contributed by atoms with E-state index in [2.05, 4.69) is 9.97 Å². The summed E-state index contributed by atoms with van der Waals surface area (Å²) in [5.41, 5.74) is 0. The maximum atomic E-state index is 11.2. The number of Topliss-reactive ketones (excluding diaryl/α,β-unsaturated/α-hetero) is 1. The molecule has 0 aliphatic heterocycles. The summed E-state index contributed by atoms with van der Waals surface area (Å²) in [6, 6.07) is 1.45. The monoisotopic (exact) mass is 272 g/mol. The van der Waals surface area contributed by atoms with Gasteiger partial charge in [0.1, 0.15) is 0 Å². The van der Waals surface area contributed by atoms with Crippen LogP contribution in [0.15, 0.2) is 11.2 Å². The first-order valence-corrected chi connectivity index (χ1v) is 5.73. The summed E-state index contributed by atoms with van der Waals surface area (Å²) in [4.78, 5) is 30.0. The highest BCUT2D eigenvalue weighted by molar-refractivity contribution is 8.01. The second-order valence-electron chi connectivity index (χ2n) is 3.18. The van der Waals surface area contributed by atoms with Crippen molar-refractivity contribution in [3.63, 3.8) is 0 Å². The first-order chi connectivity index (χ1) is 8.47. The Morgan fingerprint density at radius 3 is 2.11 bits per heavy atom. The van der Waals surface area contributed by atoms with Crippen molar-refractivity contribution in [2.45, 2.75) is 17.3 Å². The van der Waals surface area contributed by atoms with E-state index in [1.807, 2.05) is 0 Å². The molecule has 1 heterocycles. The van der Waals surface area contributed by atoms with Gasteiger partial charge in [-0.2, -0.15) is 9.97 Å². The number of methoxy groups -OCH3 is 2. The van der Waals surface area contributed by atoms with E-state index < -0.39 is 17.0 Å². The average molecular weight is 272 g/mol. The van der Waals surface area contributed by atoms with Gasteiger partial charge in [0, 0.05) is 0 Å². The highest BCUT2D eigenvalue weighted by Gasteiger charge is 2.25. The van der Waals surface area contributed by atoms with E-state index in [-0.39, 0.29) is 16.9 Å². The van der Waals surface area contributed by atoms with Gasteiger partial charge in [-0.05, 0) is 6.92 Å². The number of carboxylic acids is 1. The zero-order chi connectivity index (χ0) is 13.7. The summed E-state index contributed by atoms with van der Waals surface area (Å²) in [5.74, 6) is -1.26. The van der Waals surface area contributed by atoms with E-state index in [0.717, 1.165) is 11.8 Å². The molecule has 0 aromatic carbocycles. The van der Waals surface area contributed by atoms with Crippen LogP contribution >= 0.6 is 11.8 Å². The fourth-order valence-electron chi connectivity index (χ4n) is 1.06. The van der Waals surface area contributed by atoms with E-state index >= 15 is 0 Å². The van der Waals surface area contributed by atoms with Crippen molar-refractivity contribution >= 4 is 23.5 Å². The van der Waals surface area contributed by atoms with Crippen molar-refractivity contribution in [3.8, 4) is 11.8 Å². The molecule has 1 aromatic heterocycles. The molecule has 0 aliphatic carbocycles.